The molecule has 2 aromatic heterocycles. The summed E-state index contributed by atoms with van der Waals surface area (Å²) in [4.78, 5) is 17.7. The summed E-state index contributed by atoms with van der Waals surface area (Å²) in [5.41, 5.74) is 8.51. The van der Waals surface area contributed by atoms with E-state index in [4.69, 9.17) is 22.1 Å². The van der Waals surface area contributed by atoms with Crippen molar-refractivity contribution in [2.75, 3.05) is 0 Å². The largest absolute Gasteiger partial charge is 0.440 e. The molecule has 0 fully saturated rings. The van der Waals surface area contributed by atoms with Crippen LogP contribution in [0.1, 0.15) is 28.3 Å². The van der Waals surface area contributed by atoms with Gasteiger partial charge in [0.25, 0.3) is 5.56 Å². The van der Waals surface area contributed by atoms with Crippen LogP contribution in [-0.4, -0.2) is 9.55 Å². The molecule has 6 nitrogen and oxygen atoms in total. The molecule has 3 aromatic rings. The minimum Gasteiger partial charge on any atom is -0.440 e. The van der Waals surface area contributed by atoms with Crippen molar-refractivity contribution in [1.29, 1.82) is 5.26 Å². The fraction of sp³-hybridized carbons (Fsp3) is 0.136. The molecule has 3 heterocycles. The fourth-order valence-corrected chi connectivity index (χ4v) is 3.82. The van der Waals surface area contributed by atoms with E-state index >= 15 is 0 Å². The van der Waals surface area contributed by atoms with Crippen molar-refractivity contribution < 1.29 is 4.74 Å². The summed E-state index contributed by atoms with van der Waals surface area (Å²) in [5, 5.41) is 10.2. The molecule has 0 aliphatic carbocycles. The van der Waals surface area contributed by atoms with Gasteiger partial charge in [0, 0.05) is 29.2 Å². The maximum Gasteiger partial charge on any atom is 0.259 e. The van der Waals surface area contributed by atoms with Crippen LogP contribution in [0.5, 0.6) is 5.75 Å². The number of halogens is 1. The Hall–Kier alpha value is -3.56. The average Bonchev–Trinajstić information content (AvgIpc) is 2.71. The first-order valence-corrected chi connectivity index (χ1v) is 9.34. The number of nitrogens with two attached hydrogens (primary N) is 1. The van der Waals surface area contributed by atoms with E-state index in [0.29, 0.717) is 34.1 Å². The first-order valence-electron chi connectivity index (χ1n) is 8.96. The minimum absolute atomic E-state index is 0.0197. The Morgan fingerprint density at radius 1 is 1.31 bits per heavy atom. The molecule has 4 rings (SSSR count). The molecule has 0 radical (unpaired) electrons. The monoisotopic (exact) mass is 404 g/mol. The van der Waals surface area contributed by atoms with E-state index in [1.807, 2.05) is 25.1 Å². The van der Waals surface area contributed by atoms with E-state index in [1.54, 1.807) is 41.2 Å². The summed E-state index contributed by atoms with van der Waals surface area (Å²) in [6.07, 6.45) is 3.39. The van der Waals surface area contributed by atoms with E-state index < -0.39 is 5.92 Å². The summed E-state index contributed by atoms with van der Waals surface area (Å²) >= 11 is 6.42. The van der Waals surface area contributed by atoms with Crippen molar-refractivity contribution in [1.82, 2.24) is 9.55 Å². The Labute approximate surface area is 172 Å². The molecule has 7 heteroatoms. The maximum absolute atomic E-state index is 13.5. The number of hydrogen-bond donors (Lipinski definition) is 1. The third-order valence-corrected chi connectivity index (χ3v) is 5.31. The van der Waals surface area contributed by atoms with Crippen LogP contribution in [0.3, 0.4) is 0 Å². The van der Waals surface area contributed by atoms with Crippen molar-refractivity contribution in [3.63, 3.8) is 0 Å². The molecule has 1 aliphatic heterocycles. The second kappa shape index (κ2) is 7.46. The topological polar surface area (TPSA) is 93.9 Å². The summed E-state index contributed by atoms with van der Waals surface area (Å²) < 4.78 is 7.30. The van der Waals surface area contributed by atoms with Gasteiger partial charge in [0.05, 0.1) is 18.0 Å². The number of aromatic nitrogens is 2. The van der Waals surface area contributed by atoms with Gasteiger partial charge in [-0.05, 0) is 30.2 Å². The number of allylic oxidation sites excluding steroid dienone is 1. The number of benzene rings is 1. The van der Waals surface area contributed by atoms with Gasteiger partial charge in [-0.2, -0.15) is 5.26 Å². The molecule has 0 saturated carbocycles. The Bertz CT molecular complexity index is 1230. The molecule has 1 aromatic carbocycles. The molecular weight excluding hydrogens is 388 g/mol. The van der Waals surface area contributed by atoms with Gasteiger partial charge in [-0.15, -0.1) is 0 Å². The average molecular weight is 405 g/mol. The molecule has 2 N–H and O–H groups in total. The van der Waals surface area contributed by atoms with Crippen LogP contribution in [0.25, 0.3) is 0 Å². The van der Waals surface area contributed by atoms with Crippen LogP contribution in [0.2, 0.25) is 5.02 Å². The van der Waals surface area contributed by atoms with Gasteiger partial charge in [-0.3, -0.25) is 9.78 Å². The Kier molecular flexibility index (Phi) is 4.83. The summed E-state index contributed by atoms with van der Waals surface area (Å²) in [6, 6.07) is 14.7. The van der Waals surface area contributed by atoms with Crippen LogP contribution in [0.4, 0.5) is 0 Å². The molecule has 0 saturated heterocycles. The van der Waals surface area contributed by atoms with Gasteiger partial charge in [0.2, 0.25) is 5.88 Å². The van der Waals surface area contributed by atoms with Crippen LogP contribution in [0, 0.1) is 18.3 Å². The fourth-order valence-electron chi connectivity index (χ4n) is 3.58. The highest BCUT2D eigenvalue weighted by atomic mass is 35.5. The Morgan fingerprint density at radius 2 is 2.10 bits per heavy atom. The number of rotatable bonds is 3. The number of aryl methyl sites for hydroxylation is 1. The van der Waals surface area contributed by atoms with Crippen molar-refractivity contribution in [3.8, 4) is 11.8 Å². The number of ether oxygens (including phenoxy) is 1. The zero-order valence-corrected chi connectivity index (χ0v) is 16.3. The van der Waals surface area contributed by atoms with E-state index in [2.05, 4.69) is 11.1 Å². The van der Waals surface area contributed by atoms with E-state index in [0.717, 1.165) is 5.56 Å². The summed E-state index contributed by atoms with van der Waals surface area (Å²) in [6.45, 7) is 2.17. The quantitative estimate of drug-likeness (QED) is 0.721. The SMILES string of the molecule is Cc1cc2c(c(=O)n1Cc1cccnc1)[C@H](c1ccccc1Cl)C(C#N)=C(N)O2. The lowest BCUT2D eigenvalue weighted by atomic mass is 9.84. The number of nitrogens with zero attached hydrogens (tertiary/aromatic N) is 3. The minimum atomic E-state index is -0.703. The second-order valence-electron chi connectivity index (χ2n) is 6.76. The highest BCUT2D eigenvalue weighted by molar-refractivity contribution is 6.31. The zero-order valence-electron chi connectivity index (χ0n) is 15.6. The Balaban J connectivity index is 1.96. The first kappa shape index (κ1) is 18.8. The zero-order chi connectivity index (χ0) is 20.5. The van der Waals surface area contributed by atoms with Crippen molar-refractivity contribution in [2.24, 2.45) is 5.73 Å². The second-order valence-corrected chi connectivity index (χ2v) is 7.17. The molecule has 0 bridgehead atoms. The summed E-state index contributed by atoms with van der Waals surface area (Å²) in [7, 11) is 0. The van der Waals surface area contributed by atoms with Crippen molar-refractivity contribution in [2.45, 2.75) is 19.4 Å². The third kappa shape index (κ3) is 3.26. The van der Waals surface area contributed by atoms with Crippen LogP contribution in [-0.2, 0) is 6.54 Å². The van der Waals surface area contributed by atoms with Gasteiger partial charge in [-0.1, -0.05) is 35.9 Å². The molecular formula is C22H17ClN4O2. The van der Waals surface area contributed by atoms with E-state index in [9.17, 15) is 10.1 Å². The van der Waals surface area contributed by atoms with E-state index in [1.165, 1.54) is 0 Å². The normalized spacial score (nSPS) is 15.4. The third-order valence-electron chi connectivity index (χ3n) is 4.97. The number of fused-ring (bicyclic) bond motifs is 1. The lowest BCUT2D eigenvalue weighted by Gasteiger charge is -2.27. The molecule has 0 amide bonds. The molecule has 1 atom stereocenters. The summed E-state index contributed by atoms with van der Waals surface area (Å²) in [5.74, 6) is -0.379. The molecule has 144 valence electrons. The molecule has 0 unspecified atom stereocenters. The van der Waals surface area contributed by atoms with Crippen LogP contribution in [0.15, 0.2) is 71.1 Å². The standard InChI is InChI=1S/C22H17ClN4O2/c1-13-9-18-20(22(28)27(13)12-14-5-4-8-26-11-14)19(16(10-24)21(25)29-18)15-6-2-3-7-17(15)23/h2-9,11,19H,12,25H2,1H3/t19-/m1/s1. The van der Waals surface area contributed by atoms with Crippen molar-refractivity contribution >= 4 is 11.6 Å². The molecule has 1 aliphatic rings. The number of hydrogen-bond acceptors (Lipinski definition) is 5. The lowest BCUT2D eigenvalue weighted by molar-refractivity contribution is 0.389. The van der Waals surface area contributed by atoms with Gasteiger partial charge in [-0.25, -0.2) is 0 Å². The van der Waals surface area contributed by atoms with Gasteiger partial charge in [0.1, 0.15) is 17.4 Å². The van der Waals surface area contributed by atoms with Gasteiger partial charge in [0.15, 0.2) is 0 Å². The molecule has 0 spiro atoms. The maximum atomic E-state index is 13.5. The van der Waals surface area contributed by atoms with E-state index in [-0.39, 0.29) is 17.0 Å². The van der Waals surface area contributed by atoms with Gasteiger partial charge >= 0.3 is 0 Å². The first-order chi connectivity index (χ1) is 14.0. The molecule has 29 heavy (non-hydrogen) atoms. The highest BCUT2D eigenvalue weighted by Gasteiger charge is 2.35. The number of nitriles is 1. The smallest absolute Gasteiger partial charge is 0.259 e. The van der Waals surface area contributed by atoms with Gasteiger partial charge < -0.3 is 15.0 Å². The van der Waals surface area contributed by atoms with Crippen molar-refractivity contribution in [3.05, 3.63) is 104 Å². The predicted molar refractivity (Wildman–Crippen MR) is 110 cm³/mol. The van der Waals surface area contributed by atoms with Crippen LogP contribution < -0.4 is 16.0 Å². The number of pyridine rings is 2. The highest BCUT2D eigenvalue weighted by Crippen LogP contribution is 2.42. The predicted octanol–water partition coefficient (Wildman–Crippen LogP) is 3.47. The van der Waals surface area contributed by atoms with Crippen LogP contribution >= 0.6 is 11.6 Å². The lowest BCUT2D eigenvalue weighted by Crippen LogP contribution is -2.33. The Morgan fingerprint density at radius 3 is 2.79 bits per heavy atom.